The molecule has 0 saturated carbocycles. The molecule has 0 aromatic heterocycles. The largest absolute Gasteiger partial charge is 0.479 e. The summed E-state index contributed by atoms with van der Waals surface area (Å²) in [5.74, 6) is -5.40. The topological polar surface area (TPSA) is 215 Å². The highest BCUT2D eigenvalue weighted by Gasteiger charge is 2.39. The van der Waals surface area contributed by atoms with Crippen LogP contribution in [0.25, 0.3) is 0 Å². The number of carboxylic acids is 2. The highest BCUT2D eigenvalue weighted by molar-refractivity contribution is 6.31. The van der Waals surface area contributed by atoms with Crippen LogP contribution in [0.5, 0.6) is 0 Å². The van der Waals surface area contributed by atoms with Crippen LogP contribution in [0.2, 0.25) is 5.02 Å². The van der Waals surface area contributed by atoms with Crippen molar-refractivity contribution in [2.45, 2.75) is 32.0 Å². The van der Waals surface area contributed by atoms with Crippen LogP contribution in [0, 0.1) is 0 Å². The lowest BCUT2D eigenvalue weighted by atomic mass is 9.80. The van der Waals surface area contributed by atoms with Gasteiger partial charge in [0.25, 0.3) is 0 Å². The van der Waals surface area contributed by atoms with Gasteiger partial charge in [0.1, 0.15) is 0 Å². The van der Waals surface area contributed by atoms with E-state index in [0.29, 0.717) is 40.7 Å². The zero-order valence-corrected chi connectivity index (χ0v) is 21.7. The number of aliphatic hydroxyl groups is 2. The fraction of sp³-hybridized carbons (Fsp3) is 0.417. The molecular weight excluding hydrogens is 528 g/mol. The van der Waals surface area contributed by atoms with Crippen LogP contribution in [0.3, 0.4) is 0 Å². The Morgan fingerprint density at radius 3 is 2.11 bits per heavy atom. The first kappa shape index (κ1) is 32.5. The minimum absolute atomic E-state index is 0.109. The standard InChI is InChI=1S/C20H25ClN2O5.C4H6O6/c1-4-28-20(25)18-15(11-27-10-9-22)23-12(2)16(19(24)26-3)17(18)13-7-5-6-8-14(13)21;5-1(3(7)8)2(6)4(9)10/h5-8,17,23H,4,9-11,22H2,1-3H3;1-2,5-6H,(H,7,8)(H,9,10)/t17-;1-,2-/m00/s1. The van der Waals surface area contributed by atoms with Gasteiger partial charge < -0.3 is 45.7 Å². The first-order valence-electron chi connectivity index (χ1n) is 11.2. The van der Waals surface area contributed by atoms with Gasteiger partial charge in [0, 0.05) is 17.3 Å². The molecule has 14 heteroatoms. The quantitative estimate of drug-likeness (QED) is 0.158. The molecule has 0 unspecified atom stereocenters. The van der Waals surface area contributed by atoms with E-state index in [9.17, 15) is 19.2 Å². The molecule has 0 spiro atoms. The summed E-state index contributed by atoms with van der Waals surface area (Å²) in [5, 5.41) is 36.0. The molecule has 0 saturated heterocycles. The molecular formula is C24H31ClN2O11. The fourth-order valence-corrected chi connectivity index (χ4v) is 3.63. The lowest BCUT2D eigenvalue weighted by molar-refractivity contribution is -0.165. The number of esters is 2. The van der Waals surface area contributed by atoms with Gasteiger partial charge in [-0.25, -0.2) is 19.2 Å². The first-order valence-corrected chi connectivity index (χ1v) is 11.6. The summed E-state index contributed by atoms with van der Waals surface area (Å²) in [5.41, 5.74) is 7.70. The number of ether oxygens (including phenoxy) is 3. The number of dihydropyridines is 1. The molecule has 0 aliphatic carbocycles. The summed E-state index contributed by atoms with van der Waals surface area (Å²) in [6, 6.07) is 7.05. The number of allylic oxidation sites excluding steroid dienone is 1. The molecule has 38 heavy (non-hydrogen) atoms. The first-order chi connectivity index (χ1) is 17.9. The van der Waals surface area contributed by atoms with Crippen molar-refractivity contribution in [1.82, 2.24) is 5.32 Å². The van der Waals surface area contributed by atoms with E-state index >= 15 is 0 Å². The Balaban J connectivity index is 0.000000612. The average molecular weight is 559 g/mol. The highest BCUT2D eigenvalue weighted by atomic mass is 35.5. The summed E-state index contributed by atoms with van der Waals surface area (Å²) in [7, 11) is 1.29. The van der Waals surface area contributed by atoms with Crippen molar-refractivity contribution in [2.24, 2.45) is 5.73 Å². The van der Waals surface area contributed by atoms with Crippen LogP contribution in [0.4, 0.5) is 0 Å². The number of carboxylic acid groups (broad SMARTS) is 2. The number of nitrogens with two attached hydrogens (primary N) is 1. The van der Waals surface area contributed by atoms with Gasteiger partial charge in [0.2, 0.25) is 0 Å². The van der Waals surface area contributed by atoms with E-state index < -0.39 is 42.0 Å². The monoisotopic (exact) mass is 558 g/mol. The summed E-state index contributed by atoms with van der Waals surface area (Å²) in [6.07, 6.45) is -4.53. The van der Waals surface area contributed by atoms with E-state index in [0.717, 1.165) is 0 Å². The number of carbonyl (C=O) groups is 4. The average Bonchev–Trinajstić information content (AvgIpc) is 2.87. The Hall–Kier alpha value is -3.49. The van der Waals surface area contributed by atoms with E-state index in [1.807, 2.05) is 0 Å². The second-order valence-electron chi connectivity index (χ2n) is 7.63. The number of aliphatic carboxylic acids is 2. The number of nitrogens with one attached hydrogen (secondary N) is 1. The molecule has 2 rings (SSSR count). The number of aliphatic hydroxyl groups excluding tert-OH is 2. The maximum Gasteiger partial charge on any atom is 0.336 e. The molecule has 1 aliphatic rings. The maximum absolute atomic E-state index is 12.9. The van der Waals surface area contributed by atoms with Crippen LogP contribution in [-0.4, -0.2) is 90.0 Å². The zero-order chi connectivity index (χ0) is 29.0. The smallest absolute Gasteiger partial charge is 0.336 e. The molecule has 0 amide bonds. The van der Waals surface area contributed by atoms with Crippen molar-refractivity contribution in [3.8, 4) is 0 Å². The summed E-state index contributed by atoms with van der Waals surface area (Å²) in [6.45, 7) is 4.42. The Bertz CT molecular complexity index is 1070. The molecule has 0 bridgehead atoms. The summed E-state index contributed by atoms with van der Waals surface area (Å²) in [4.78, 5) is 45.0. The molecule has 7 N–H and O–H groups in total. The summed E-state index contributed by atoms with van der Waals surface area (Å²) >= 11 is 6.42. The van der Waals surface area contributed by atoms with E-state index in [1.165, 1.54) is 7.11 Å². The van der Waals surface area contributed by atoms with Crippen molar-refractivity contribution >= 4 is 35.5 Å². The third-order valence-corrected chi connectivity index (χ3v) is 5.42. The highest BCUT2D eigenvalue weighted by Crippen LogP contribution is 2.41. The van der Waals surface area contributed by atoms with Gasteiger partial charge in [0.05, 0.1) is 49.7 Å². The number of hydrogen-bond acceptors (Lipinski definition) is 11. The SMILES string of the molecule is CCOC(=O)C1=C(COCCN)NC(C)=C(C(=O)OC)[C@@H]1c1ccccc1Cl.O=C(O)[C@@H](O)[C@H](O)C(=O)O. The molecule has 1 aliphatic heterocycles. The van der Waals surface area contributed by atoms with Gasteiger partial charge in [0.15, 0.2) is 12.2 Å². The molecule has 1 aromatic rings. The normalized spacial score (nSPS) is 16.4. The lowest BCUT2D eigenvalue weighted by Gasteiger charge is -2.31. The van der Waals surface area contributed by atoms with Gasteiger partial charge in [-0.15, -0.1) is 0 Å². The number of methoxy groups -OCH3 is 1. The van der Waals surface area contributed by atoms with E-state index in [4.69, 9.17) is 52.0 Å². The second kappa shape index (κ2) is 15.7. The molecule has 1 aromatic carbocycles. The van der Waals surface area contributed by atoms with Crippen LogP contribution in [0.15, 0.2) is 46.8 Å². The molecule has 0 fully saturated rings. The summed E-state index contributed by atoms with van der Waals surface area (Å²) < 4.78 is 15.8. The third-order valence-electron chi connectivity index (χ3n) is 5.08. The Labute approximate surface area is 223 Å². The van der Waals surface area contributed by atoms with E-state index in [1.54, 1.807) is 38.1 Å². The molecule has 0 radical (unpaired) electrons. The molecule has 3 atom stereocenters. The van der Waals surface area contributed by atoms with Crippen LogP contribution < -0.4 is 11.1 Å². The lowest BCUT2D eigenvalue weighted by Crippen LogP contribution is -2.39. The number of rotatable bonds is 11. The van der Waals surface area contributed by atoms with Gasteiger partial charge in [-0.2, -0.15) is 0 Å². The van der Waals surface area contributed by atoms with Crippen LogP contribution >= 0.6 is 11.6 Å². The zero-order valence-electron chi connectivity index (χ0n) is 21.0. The number of halogens is 1. The Morgan fingerprint density at radius 1 is 1.05 bits per heavy atom. The van der Waals surface area contributed by atoms with Crippen LogP contribution in [0.1, 0.15) is 25.3 Å². The number of carbonyl (C=O) groups excluding carboxylic acids is 2. The van der Waals surface area contributed by atoms with Crippen molar-refractivity contribution in [3.63, 3.8) is 0 Å². The van der Waals surface area contributed by atoms with Gasteiger partial charge in [-0.1, -0.05) is 29.8 Å². The molecule has 13 nitrogen and oxygen atoms in total. The second-order valence-corrected chi connectivity index (χ2v) is 8.04. The van der Waals surface area contributed by atoms with E-state index in [-0.39, 0.29) is 18.8 Å². The minimum Gasteiger partial charge on any atom is -0.479 e. The predicted molar refractivity (Wildman–Crippen MR) is 133 cm³/mol. The van der Waals surface area contributed by atoms with Crippen molar-refractivity contribution in [1.29, 1.82) is 0 Å². The molecule has 210 valence electrons. The van der Waals surface area contributed by atoms with Gasteiger partial charge in [-0.3, -0.25) is 0 Å². The van der Waals surface area contributed by atoms with Crippen molar-refractivity contribution in [2.75, 3.05) is 33.5 Å². The van der Waals surface area contributed by atoms with Crippen molar-refractivity contribution < 1.29 is 53.8 Å². The number of hydrogen-bond donors (Lipinski definition) is 6. The van der Waals surface area contributed by atoms with Gasteiger partial charge >= 0.3 is 23.9 Å². The third kappa shape index (κ3) is 8.53. The van der Waals surface area contributed by atoms with Crippen LogP contribution in [-0.2, 0) is 33.4 Å². The fourth-order valence-electron chi connectivity index (χ4n) is 3.39. The van der Waals surface area contributed by atoms with E-state index in [2.05, 4.69) is 5.32 Å². The van der Waals surface area contributed by atoms with Crippen molar-refractivity contribution in [3.05, 3.63) is 57.4 Å². The van der Waals surface area contributed by atoms with Gasteiger partial charge in [-0.05, 0) is 25.5 Å². The Kier molecular flexibility index (Phi) is 13.4. The minimum atomic E-state index is -2.27. The molecule has 1 heterocycles. The Morgan fingerprint density at radius 2 is 1.63 bits per heavy atom. The predicted octanol–water partition coefficient (Wildman–Crippen LogP) is 0.144. The number of benzene rings is 1. The maximum atomic E-state index is 12.9.